The Bertz CT molecular complexity index is 596. The lowest BCUT2D eigenvalue weighted by Crippen LogP contribution is -2.09. The maximum Gasteiger partial charge on any atom is 0.267 e. The number of unbranched alkanes of at least 4 members (excludes halogenated alkanes) is 1. The summed E-state index contributed by atoms with van der Waals surface area (Å²) in [6.07, 6.45) is 6.65. The van der Waals surface area contributed by atoms with Crippen LogP contribution in [0.2, 0.25) is 0 Å². The summed E-state index contributed by atoms with van der Waals surface area (Å²) in [5.41, 5.74) is 1.35. The second kappa shape index (κ2) is 6.01. The molecular weight excluding hydrogens is 290 g/mol. The number of nitrogens with zero attached hydrogens (tertiary/aromatic N) is 2. The van der Waals surface area contributed by atoms with Crippen LogP contribution < -0.4 is 5.32 Å². The summed E-state index contributed by atoms with van der Waals surface area (Å²) in [4.78, 5) is 14.3. The van der Waals surface area contributed by atoms with E-state index in [0.29, 0.717) is 5.13 Å². The number of aromatic nitrogens is 2. The van der Waals surface area contributed by atoms with Gasteiger partial charge in [-0.1, -0.05) is 24.7 Å². The van der Waals surface area contributed by atoms with Gasteiger partial charge in [-0.05, 0) is 37.3 Å². The molecule has 1 N–H and O–H groups in total. The average Bonchev–Trinajstić information content (AvgIpc) is 3.11. The van der Waals surface area contributed by atoms with Crippen LogP contribution in [0.25, 0.3) is 0 Å². The third-order valence-electron chi connectivity index (χ3n) is 3.40. The van der Waals surface area contributed by atoms with Crippen LogP contribution in [0.3, 0.4) is 0 Å². The van der Waals surface area contributed by atoms with Crippen molar-refractivity contribution < 1.29 is 4.79 Å². The van der Waals surface area contributed by atoms with Gasteiger partial charge in [0.2, 0.25) is 5.13 Å². The largest absolute Gasteiger partial charge is 0.296 e. The van der Waals surface area contributed by atoms with E-state index in [2.05, 4.69) is 22.4 Å². The second-order valence-corrected chi connectivity index (χ2v) is 7.17. The Kier molecular flexibility index (Phi) is 4.12. The lowest BCUT2D eigenvalue weighted by molar-refractivity contribution is 0.103. The van der Waals surface area contributed by atoms with Gasteiger partial charge in [0.1, 0.15) is 5.01 Å². The maximum atomic E-state index is 12.2. The standard InChI is InChI=1S/C14H17N3OS2/c1-2-3-7-12-16-17-14(20-12)15-13(18)11-8-9-5-4-6-10(9)19-11/h8H,2-7H2,1H3,(H,15,17,18). The molecule has 0 radical (unpaired) electrons. The number of fused-ring (bicyclic) bond motifs is 1. The van der Waals surface area contributed by atoms with Crippen LogP contribution in [0.5, 0.6) is 0 Å². The van der Waals surface area contributed by atoms with Gasteiger partial charge in [0.15, 0.2) is 0 Å². The van der Waals surface area contributed by atoms with Crippen LogP contribution in [0.1, 0.15) is 51.3 Å². The SMILES string of the molecule is CCCCc1nnc(NC(=O)c2cc3c(s2)CCC3)s1. The van der Waals surface area contributed by atoms with E-state index in [9.17, 15) is 4.79 Å². The van der Waals surface area contributed by atoms with Crippen molar-refractivity contribution in [2.75, 3.05) is 5.32 Å². The molecule has 0 spiro atoms. The second-order valence-electron chi connectivity index (χ2n) is 4.97. The zero-order valence-electron chi connectivity index (χ0n) is 11.4. The molecule has 0 bridgehead atoms. The molecule has 0 fully saturated rings. The lowest BCUT2D eigenvalue weighted by atomic mass is 10.2. The number of amides is 1. The highest BCUT2D eigenvalue weighted by molar-refractivity contribution is 7.16. The molecule has 2 aromatic rings. The fourth-order valence-corrected chi connectivity index (χ4v) is 4.26. The first kappa shape index (κ1) is 13.7. The lowest BCUT2D eigenvalue weighted by Gasteiger charge is -1.97. The molecule has 2 aromatic heterocycles. The van der Waals surface area contributed by atoms with Gasteiger partial charge < -0.3 is 0 Å². The Balaban J connectivity index is 1.64. The van der Waals surface area contributed by atoms with E-state index in [1.54, 1.807) is 11.3 Å². The summed E-state index contributed by atoms with van der Waals surface area (Å²) in [6, 6.07) is 2.03. The Morgan fingerprint density at radius 2 is 2.25 bits per heavy atom. The van der Waals surface area contributed by atoms with Crippen LogP contribution in [0.4, 0.5) is 5.13 Å². The number of carbonyl (C=O) groups is 1. The number of thiophene rings is 1. The van der Waals surface area contributed by atoms with Crippen LogP contribution in [-0.2, 0) is 19.3 Å². The van der Waals surface area contributed by atoms with E-state index in [4.69, 9.17) is 0 Å². The first-order valence-electron chi connectivity index (χ1n) is 7.01. The van der Waals surface area contributed by atoms with Crippen molar-refractivity contribution in [3.8, 4) is 0 Å². The van der Waals surface area contributed by atoms with Crippen LogP contribution in [0, 0.1) is 0 Å². The highest BCUT2D eigenvalue weighted by Crippen LogP contribution is 2.31. The number of hydrogen-bond donors (Lipinski definition) is 1. The third kappa shape index (κ3) is 2.91. The van der Waals surface area contributed by atoms with Gasteiger partial charge >= 0.3 is 0 Å². The van der Waals surface area contributed by atoms with E-state index in [0.717, 1.165) is 42.0 Å². The van der Waals surface area contributed by atoms with E-state index in [-0.39, 0.29) is 5.91 Å². The van der Waals surface area contributed by atoms with Crippen molar-refractivity contribution >= 4 is 33.7 Å². The highest BCUT2D eigenvalue weighted by atomic mass is 32.1. The number of hydrogen-bond acceptors (Lipinski definition) is 5. The molecule has 0 saturated heterocycles. The fraction of sp³-hybridized carbons (Fsp3) is 0.500. The smallest absolute Gasteiger partial charge is 0.267 e. The first-order valence-corrected chi connectivity index (χ1v) is 8.65. The zero-order chi connectivity index (χ0) is 13.9. The van der Waals surface area contributed by atoms with Gasteiger partial charge in [-0.2, -0.15) is 0 Å². The molecule has 1 aliphatic carbocycles. The molecule has 0 saturated carbocycles. The monoisotopic (exact) mass is 307 g/mol. The first-order chi connectivity index (χ1) is 9.76. The highest BCUT2D eigenvalue weighted by Gasteiger charge is 2.19. The van der Waals surface area contributed by atoms with Crippen molar-refractivity contribution in [1.29, 1.82) is 0 Å². The molecule has 0 aromatic carbocycles. The number of nitrogens with one attached hydrogen (secondary N) is 1. The summed E-state index contributed by atoms with van der Waals surface area (Å²) < 4.78 is 0. The Labute approximate surface area is 126 Å². The van der Waals surface area contributed by atoms with Crippen molar-refractivity contribution in [3.63, 3.8) is 0 Å². The summed E-state index contributed by atoms with van der Waals surface area (Å²) in [5, 5.41) is 12.6. The molecule has 0 unspecified atom stereocenters. The summed E-state index contributed by atoms with van der Waals surface area (Å²) in [7, 11) is 0. The van der Waals surface area contributed by atoms with Crippen LogP contribution >= 0.6 is 22.7 Å². The molecule has 106 valence electrons. The quantitative estimate of drug-likeness (QED) is 0.916. The van der Waals surface area contributed by atoms with Crippen molar-refractivity contribution in [3.05, 3.63) is 26.4 Å². The van der Waals surface area contributed by atoms with E-state index in [1.165, 1.54) is 28.2 Å². The number of carbonyl (C=O) groups excluding carboxylic acids is 1. The van der Waals surface area contributed by atoms with Gasteiger partial charge in [0.05, 0.1) is 4.88 Å². The molecule has 2 heterocycles. The topological polar surface area (TPSA) is 54.9 Å². The average molecular weight is 307 g/mol. The molecular formula is C14H17N3OS2. The Morgan fingerprint density at radius 1 is 1.35 bits per heavy atom. The van der Waals surface area contributed by atoms with Crippen LogP contribution in [0.15, 0.2) is 6.07 Å². The van der Waals surface area contributed by atoms with Crippen molar-refractivity contribution in [1.82, 2.24) is 10.2 Å². The van der Waals surface area contributed by atoms with Crippen LogP contribution in [-0.4, -0.2) is 16.1 Å². The zero-order valence-corrected chi connectivity index (χ0v) is 13.1. The molecule has 0 aliphatic heterocycles. The van der Waals surface area contributed by atoms with Gasteiger partial charge in [-0.25, -0.2) is 0 Å². The third-order valence-corrected chi connectivity index (χ3v) is 5.54. The molecule has 3 rings (SSSR count). The number of aryl methyl sites for hydroxylation is 3. The van der Waals surface area contributed by atoms with E-state index in [1.807, 2.05) is 6.07 Å². The molecule has 20 heavy (non-hydrogen) atoms. The minimum absolute atomic E-state index is 0.0532. The van der Waals surface area contributed by atoms with Gasteiger partial charge in [0.25, 0.3) is 5.91 Å². The van der Waals surface area contributed by atoms with Gasteiger partial charge in [-0.3, -0.25) is 10.1 Å². The van der Waals surface area contributed by atoms with E-state index < -0.39 is 0 Å². The Hall–Kier alpha value is -1.27. The summed E-state index contributed by atoms with van der Waals surface area (Å²) in [6.45, 7) is 2.15. The number of anilines is 1. The Morgan fingerprint density at radius 3 is 3.05 bits per heavy atom. The molecule has 6 heteroatoms. The molecule has 4 nitrogen and oxygen atoms in total. The van der Waals surface area contributed by atoms with E-state index >= 15 is 0 Å². The van der Waals surface area contributed by atoms with Gasteiger partial charge in [0, 0.05) is 11.3 Å². The minimum atomic E-state index is -0.0532. The predicted molar refractivity (Wildman–Crippen MR) is 82.8 cm³/mol. The summed E-state index contributed by atoms with van der Waals surface area (Å²) in [5.74, 6) is -0.0532. The summed E-state index contributed by atoms with van der Waals surface area (Å²) >= 11 is 3.09. The molecule has 1 aliphatic rings. The normalized spacial score (nSPS) is 13.4. The maximum absolute atomic E-state index is 12.2. The fourth-order valence-electron chi connectivity index (χ4n) is 2.33. The number of rotatable bonds is 5. The van der Waals surface area contributed by atoms with Gasteiger partial charge in [-0.15, -0.1) is 21.5 Å². The van der Waals surface area contributed by atoms with Crippen molar-refractivity contribution in [2.24, 2.45) is 0 Å². The predicted octanol–water partition coefficient (Wildman–Crippen LogP) is 3.68. The molecule has 0 atom stereocenters. The van der Waals surface area contributed by atoms with Crippen molar-refractivity contribution in [2.45, 2.75) is 45.4 Å². The molecule has 1 amide bonds. The minimum Gasteiger partial charge on any atom is -0.296 e.